The van der Waals surface area contributed by atoms with Crippen LogP contribution in [0.4, 0.5) is 0 Å². The molecule has 2 rings (SSSR count). The van der Waals surface area contributed by atoms with Gasteiger partial charge in [0.25, 0.3) is 0 Å². The summed E-state index contributed by atoms with van der Waals surface area (Å²) in [6, 6.07) is 10.8. The summed E-state index contributed by atoms with van der Waals surface area (Å²) in [5.41, 5.74) is 6.89. The van der Waals surface area contributed by atoms with Crippen LogP contribution in [0.15, 0.2) is 35.5 Å². The average molecular weight is 275 g/mol. The second kappa shape index (κ2) is 6.75. The number of hydrogen-bond donors (Lipinski definition) is 3. The Morgan fingerprint density at radius 1 is 1.35 bits per heavy atom. The third-order valence-electron chi connectivity index (χ3n) is 4.62. The van der Waals surface area contributed by atoms with Gasteiger partial charge in [0.2, 0.25) is 0 Å². The molecule has 4 atom stereocenters. The number of nitrogens with two attached hydrogens (primary N) is 1. The maximum Gasteiger partial charge on any atom is 0.141 e. The maximum atomic E-state index is 8.82. The lowest BCUT2D eigenvalue weighted by Crippen LogP contribution is -2.37. The van der Waals surface area contributed by atoms with E-state index in [4.69, 9.17) is 10.9 Å². The first-order valence-electron chi connectivity index (χ1n) is 7.39. The molecule has 1 aliphatic carbocycles. The zero-order chi connectivity index (χ0) is 14.5. The van der Waals surface area contributed by atoms with E-state index in [9.17, 15) is 0 Å². The number of oxime groups is 1. The molecular formula is C16H25N3O. The highest BCUT2D eigenvalue weighted by Gasteiger charge is 2.31. The summed E-state index contributed by atoms with van der Waals surface area (Å²) in [6.45, 7) is 4.62. The molecule has 1 saturated carbocycles. The Kier molecular flexibility index (Phi) is 5.01. The summed E-state index contributed by atoms with van der Waals surface area (Å²) in [5.74, 6) is 1.69. The monoisotopic (exact) mass is 275 g/mol. The van der Waals surface area contributed by atoms with E-state index in [1.807, 2.05) is 18.2 Å². The fourth-order valence-corrected chi connectivity index (χ4v) is 3.07. The molecule has 1 aromatic rings. The lowest BCUT2D eigenvalue weighted by molar-refractivity contribution is 0.312. The van der Waals surface area contributed by atoms with Crippen molar-refractivity contribution >= 4 is 5.84 Å². The van der Waals surface area contributed by atoms with Crippen LogP contribution in [-0.4, -0.2) is 17.1 Å². The lowest BCUT2D eigenvalue weighted by Gasteiger charge is -2.26. The Morgan fingerprint density at radius 3 is 2.60 bits per heavy atom. The van der Waals surface area contributed by atoms with Crippen molar-refractivity contribution in [2.45, 2.75) is 45.2 Å². The smallest absolute Gasteiger partial charge is 0.141 e. The Morgan fingerprint density at radius 2 is 2.05 bits per heavy atom. The Labute approximate surface area is 121 Å². The van der Waals surface area contributed by atoms with Crippen LogP contribution < -0.4 is 11.1 Å². The van der Waals surface area contributed by atoms with Gasteiger partial charge in [0.05, 0.1) is 0 Å². The first kappa shape index (κ1) is 14.9. The number of rotatable bonds is 5. The fraction of sp³-hybridized carbons (Fsp3) is 0.562. The molecule has 0 heterocycles. The van der Waals surface area contributed by atoms with Crippen LogP contribution in [-0.2, 0) is 0 Å². The van der Waals surface area contributed by atoms with Crippen LogP contribution >= 0.6 is 0 Å². The number of amidine groups is 1. The number of nitrogens with zero attached hydrogens (tertiary/aromatic N) is 1. The Bertz CT molecular complexity index is 446. The van der Waals surface area contributed by atoms with Crippen LogP contribution in [0, 0.1) is 11.8 Å². The molecule has 0 bridgehead atoms. The van der Waals surface area contributed by atoms with Crippen LogP contribution in [0.2, 0.25) is 0 Å². The second-order valence-corrected chi connectivity index (χ2v) is 5.95. The van der Waals surface area contributed by atoms with Gasteiger partial charge in [-0.3, -0.25) is 0 Å². The van der Waals surface area contributed by atoms with Gasteiger partial charge in [0.15, 0.2) is 0 Å². The van der Waals surface area contributed by atoms with Crippen molar-refractivity contribution in [2.24, 2.45) is 22.7 Å². The molecule has 1 aromatic carbocycles. The Hall–Kier alpha value is -1.55. The van der Waals surface area contributed by atoms with Crippen molar-refractivity contribution in [3.05, 3.63) is 35.9 Å². The first-order valence-corrected chi connectivity index (χ1v) is 7.39. The quantitative estimate of drug-likeness (QED) is 0.335. The summed E-state index contributed by atoms with van der Waals surface area (Å²) in [5, 5.41) is 15.6. The average Bonchev–Trinajstić information content (AvgIpc) is 2.79. The predicted molar refractivity (Wildman–Crippen MR) is 81.7 cm³/mol. The van der Waals surface area contributed by atoms with Crippen molar-refractivity contribution in [3.8, 4) is 0 Å². The van der Waals surface area contributed by atoms with Gasteiger partial charge in [-0.25, -0.2) is 0 Å². The highest BCUT2D eigenvalue weighted by Crippen LogP contribution is 2.33. The van der Waals surface area contributed by atoms with Crippen molar-refractivity contribution in [1.82, 2.24) is 5.32 Å². The normalized spacial score (nSPS) is 28.5. The third-order valence-corrected chi connectivity index (χ3v) is 4.62. The molecule has 4 nitrogen and oxygen atoms in total. The van der Waals surface area contributed by atoms with E-state index in [1.54, 1.807) is 0 Å². The standard InChI is InChI=1S/C16H25N3O/c1-11-8-9-14(12(11)2)18-15(10-16(17)19-20)13-6-4-3-5-7-13/h3-7,11-12,14-15,18,20H,8-10H2,1-2H3,(H2,17,19). The Balaban J connectivity index is 2.11. The highest BCUT2D eigenvalue weighted by molar-refractivity contribution is 5.80. The SMILES string of the molecule is CC1CCC(NC(CC(N)=NO)c2ccccc2)C1C. The van der Waals surface area contributed by atoms with Crippen molar-refractivity contribution < 1.29 is 5.21 Å². The van der Waals surface area contributed by atoms with Crippen LogP contribution in [0.5, 0.6) is 0 Å². The number of hydrogen-bond acceptors (Lipinski definition) is 3. The molecule has 0 aromatic heterocycles. The molecule has 1 aliphatic rings. The molecule has 110 valence electrons. The number of benzene rings is 1. The largest absolute Gasteiger partial charge is 0.409 e. The minimum atomic E-state index is 0.102. The fourth-order valence-electron chi connectivity index (χ4n) is 3.07. The van der Waals surface area contributed by atoms with Gasteiger partial charge < -0.3 is 16.3 Å². The second-order valence-electron chi connectivity index (χ2n) is 5.95. The summed E-state index contributed by atoms with van der Waals surface area (Å²) in [6.07, 6.45) is 2.99. The van der Waals surface area contributed by atoms with E-state index in [-0.39, 0.29) is 11.9 Å². The molecule has 0 aliphatic heterocycles. The highest BCUT2D eigenvalue weighted by atomic mass is 16.4. The van der Waals surface area contributed by atoms with Gasteiger partial charge in [0, 0.05) is 18.5 Å². The van der Waals surface area contributed by atoms with Gasteiger partial charge in [-0.05, 0) is 30.2 Å². The molecule has 4 unspecified atom stereocenters. The molecule has 4 heteroatoms. The molecule has 0 spiro atoms. The van der Waals surface area contributed by atoms with Gasteiger partial charge in [-0.15, -0.1) is 0 Å². The maximum absolute atomic E-state index is 8.82. The topological polar surface area (TPSA) is 70.6 Å². The zero-order valence-corrected chi connectivity index (χ0v) is 12.3. The van der Waals surface area contributed by atoms with Crippen molar-refractivity contribution in [3.63, 3.8) is 0 Å². The zero-order valence-electron chi connectivity index (χ0n) is 12.3. The minimum absolute atomic E-state index is 0.102. The summed E-state index contributed by atoms with van der Waals surface area (Å²) < 4.78 is 0. The van der Waals surface area contributed by atoms with Gasteiger partial charge in [0.1, 0.15) is 5.84 Å². The van der Waals surface area contributed by atoms with E-state index in [2.05, 4.69) is 36.5 Å². The molecule has 0 saturated heterocycles. The van der Waals surface area contributed by atoms with Gasteiger partial charge in [-0.1, -0.05) is 49.3 Å². The predicted octanol–water partition coefficient (Wildman–Crippen LogP) is 2.89. The van der Waals surface area contributed by atoms with Crippen LogP contribution in [0.25, 0.3) is 0 Å². The first-order chi connectivity index (χ1) is 9.61. The van der Waals surface area contributed by atoms with E-state index < -0.39 is 0 Å². The molecular weight excluding hydrogens is 250 g/mol. The minimum Gasteiger partial charge on any atom is -0.409 e. The van der Waals surface area contributed by atoms with Crippen molar-refractivity contribution in [1.29, 1.82) is 0 Å². The lowest BCUT2D eigenvalue weighted by atomic mass is 9.95. The van der Waals surface area contributed by atoms with E-state index in [1.165, 1.54) is 18.4 Å². The summed E-state index contributed by atoms with van der Waals surface area (Å²) >= 11 is 0. The molecule has 20 heavy (non-hydrogen) atoms. The van der Waals surface area contributed by atoms with Crippen LogP contribution in [0.1, 0.15) is 44.7 Å². The van der Waals surface area contributed by atoms with E-state index in [0.29, 0.717) is 18.4 Å². The van der Waals surface area contributed by atoms with Crippen LogP contribution in [0.3, 0.4) is 0 Å². The summed E-state index contributed by atoms with van der Waals surface area (Å²) in [7, 11) is 0. The van der Waals surface area contributed by atoms with E-state index in [0.717, 1.165) is 5.92 Å². The van der Waals surface area contributed by atoms with Crippen molar-refractivity contribution in [2.75, 3.05) is 0 Å². The number of nitrogens with one attached hydrogen (secondary N) is 1. The molecule has 0 amide bonds. The molecule has 1 fully saturated rings. The third kappa shape index (κ3) is 3.51. The van der Waals surface area contributed by atoms with Gasteiger partial charge in [-0.2, -0.15) is 0 Å². The summed E-state index contributed by atoms with van der Waals surface area (Å²) in [4.78, 5) is 0. The molecule has 4 N–H and O–H groups in total. The van der Waals surface area contributed by atoms with E-state index >= 15 is 0 Å². The van der Waals surface area contributed by atoms with Gasteiger partial charge >= 0.3 is 0 Å². The molecule has 0 radical (unpaired) electrons.